The summed E-state index contributed by atoms with van der Waals surface area (Å²) in [6.07, 6.45) is 0. The summed E-state index contributed by atoms with van der Waals surface area (Å²) in [6, 6.07) is 23.8. The van der Waals surface area contributed by atoms with E-state index in [-0.39, 0.29) is 11.6 Å². The molecule has 0 unspecified atom stereocenters. The number of rotatable bonds is 4. The van der Waals surface area contributed by atoms with Crippen molar-refractivity contribution in [1.82, 2.24) is 0 Å². The molecule has 0 aliphatic heterocycles. The third-order valence-electron chi connectivity index (χ3n) is 4.68. The second-order valence-electron chi connectivity index (χ2n) is 6.58. The predicted octanol–water partition coefficient (Wildman–Crippen LogP) is 6.64. The van der Waals surface area contributed by atoms with Crippen molar-refractivity contribution in [2.75, 3.05) is 0 Å². The first-order valence-corrected chi connectivity index (χ1v) is 9.60. The van der Waals surface area contributed by atoms with Crippen LogP contribution in [0.3, 0.4) is 0 Å². The summed E-state index contributed by atoms with van der Waals surface area (Å²) < 4.78 is 1.18. The van der Waals surface area contributed by atoms with Gasteiger partial charge in [0, 0.05) is 31.7 Å². The molecule has 3 heteroatoms. The molecule has 0 aliphatic carbocycles. The number of thiophene rings is 1. The second-order valence-corrected chi connectivity index (χ2v) is 7.63. The Morgan fingerprint density at radius 3 is 1.96 bits per heavy atom. The monoisotopic (exact) mass is 370 g/mol. The minimum absolute atomic E-state index is 0.0523. The van der Waals surface area contributed by atoms with Crippen LogP contribution < -0.4 is 0 Å². The molecule has 0 saturated heterocycles. The maximum absolute atomic E-state index is 11.9. The molecule has 1 aromatic heterocycles. The third-order valence-corrected chi connectivity index (χ3v) is 5.90. The lowest BCUT2D eigenvalue weighted by Crippen LogP contribution is -1.93. The summed E-state index contributed by atoms with van der Waals surface area (Å²) in [5.41, 5.74) is 4.55. The zero-order valence-electron chi connectivity index (χ0n) is 15.2. The zero-order valence-corrected chi connectivity index (χ0v) is 16.0. The third kappa shape index (κ3) is 3.22. The smallest absolute Gasteiger partial charge is 0.159 e. The number of fused-ring (bicyclic) bond motifs is 1. The molecule has 4 rings (SSSR count). The molecule has 0 spiro atoms. The van der Waals surface area contributed by atoms with Gasteiger partial charge < -0.3 is 0 Å². The molecular weight excluding hydrogens is 352 g/mol. The first-order valence-electron chi connectivity index (χ1n) is 8.79. The van der Waals surface area contributed by atoms with Crippen LogP contribution in [-0.4, -0.2) is 11.6 Å². The Bertz CT molecular complexity index is 1180. The summed E-state index contributed by atoms with van der Waals surface area (Å²) in [6.45, 7) is 3.17. The standard InChI is InChI=1S/C24H18O2S/c1-15(25)17-7-5-9-19(13-17)23-21-11-3-4-12-22(21)27-24(23)20-10-6-8-18(14-20)16(2)26/h3-14H,1-2H3. The molecule has 0 bridgehead atoms. The van der Waals surface area contributed by atoms with Crippen molar-refractivity contribution >= 4 is 33.0 Å². The maximum Gasteiger partial charge on any atom is 0.159 e. The highest BCUT2D eigenvalue weighted by molar-refractivity contribution is 7.23. The largest absolute Gasteiger partial charge is 0.295 e. The Morgan fingerprint density at radius 2 is 1.30 bits per heavy atom. The Balaban J connectivity index is 2.01. The molecule has 0 saturated carbocycles. The highest BCUT2D eigenvalue weighted by atomic mass is 32.1. The normalized spacial score (nSPS) is 10.9. The Morgan fingerprint density at radius 1 is 0.704 bits per heavy atom. The molecule has 0 fully saturated rings. The van der Waals surface area contributed by atoms with E-state index in [0.717, 1.165) is 27.0 Å². The SMILES string of the molecule is CC(=O)c1cccc(-c2sc3ccccc3c2-c2cccc(C(C)=O)c2)c1. The molecule has 132 valence electrons. The van der Waals surface area contributed by atoms with Crippen LogP contribution in [-0.2, 0) is 0 Å². The van der Waals surface area contributed by atoms with Crippen LogP contribution >= 0.6 is 11.3 Å². The summed E-state index contributed by atoms with van der Waals surface area (Å²) >= 11 is 1.71. The van der Waals surface area contributed by atoms with Gasteiger partial charge in [0.15, 0.2) is 11.6 Å². The molecule has 0 N–H and O–H groups in total. The fourth-order valence-corrected chi connectivity index (χ4v) is 4.53. The number of benzene rings is 3. The summed E-state index contributed by atoms with van der Waals surface area (Å²) in [5.74, 6) is 0.106. The van der Waals surface area contributed by atoms with Gasteiger partial charge >= 0.3 is 0 Å². The fourth-order valence-electron chi connectivity index (χ4n) is 3.31. The van der Waals surface area contributed by atoms with Gasteiger partial charge in [-0.1, -0.05) is 54.6 Å². The molecule has 4 aromatic rings. The van der Waals surface area contributed by atoms with E-state index in [0.29, 0.717) is 11.1 Å². The Hall–Kier alpha value is -3.04. The van der Waals surface area contributed by atoms with Crippen LogP contribution in [0.4, 0.5) is 0 Å². The molecule has 0 amide bonds. The van der Waals surface area contributed by atoms with Gasteiger partial charge in [-0.05, 0) is 43.2 Å². The lowest BCUT2D eigenvalue weighted by molar-refractivity contribution is 0.100. The van der Waals surface area contributed by atoms with Gasteiger partial charge in [-0.3, -0.25) is 9.59 Å². The molecule has 0 atom stereocenters. The number of ketones is 2. The van der Waals surface area contributed by atoms with E-state index in [2.05, 4.69) is 12.1 Å². The van der Waals surface area contributed by atoms with Crippen LogP contribution in [0.2, 0.25) is 0 Å². The number of carbonyl (C=O) groups excluding carboxylic acids is 2. The zero-order chi connectivity index (χ0) is 19.0. The van der Waals surface area contributed by atoms with Gasteiger partial charge in [-0.15, -0.1) is 11.3 Å². The lowest BCUT2D eigenvalue weighted by Gasteiger charge is -2.08. The number of hydrogen-bond acceptors (Lipinski definition) is 3. The number of carbonyl (C=O) groups is 2. The van der Waals surface area contributed by atoms with Gasteiger partial charge in [-0.2, -0.15) is 0 Å². The highest BCUT2D eigenvalue weighted by Gasteiger charge is 2.17. The minimum Gasteiger partial charge on any atom is -0.295 e. The van der Waals surface area contributed by atoms with Crippen molar-refractivity contribution in [3.05, 3.63) is 83.9 Å². The van der Waals surface area contributed by atoms with Crippen LogP contribution in [0.5, 0.6) is 0 Å². The van der Waals surface area contributed by atoms with E-state index in [1.807, 2.05) is 60.7 Å². The molecule has 0 aliphatic rings. The maximum atomic E-state index is 11.9. The van der Waals surface area contributed by atoms with E-state index >= 15 is 0 Å². The highest BCUT2D eigenvalue weighted by Crippen LogP contribution is 2.45. The topological polar surface area (TPSA) is 34.1 Å². The molecule has 1 heterocycles. The summed E-state index contributed by atoms with van der Waals surface area (Å²) in [4.78, 5) is 24.8. The number of Topliss-reactive ketones (excluding diaryl/α,β-unsaturated/α-hetero) is 2. The van der Waals surface area contributed by atoms with E-state index < -0.39 is 0 Å². The van der Waals surface area contributed by atoms with Crippen molar-refractivity contribution in [2.45, 2.75) is 13.8 Å². The first-order chi connectivity index (χ1) is 13.0. The Labute approximate surface area is 162 Å². The van der Waals surface area contributed by atoms with E-state index in [9.17, 15) is 9.59 Å². The average molecular weight is 370 g/mol. The van der Waals surface area contributed by atoms with Crippen LogP contribution in [0.15, 0.2) is 72.8 Å². The fraction of sp³-hybridized carbons (Fsp3) is 0.0833. The van der Waals surface area contributed by atoms with Crippen LogP contribution in [0, 0.1) is 0 Å². The van der Waals surface area contributed by atoms with Crippen molar-refractivity contribution in [3.8, 4) is 21.6 Å². The quantitative estimate of drug-likeness (QED) is 0.377. The number of hydrogen-bond donors (Lipinski definition) is 0. The van der Waals surface area contributed by atoms with Gasteiger partial charge in [0.25, 0.3) is 0 Å². The molecule has 2 nitrogen and oxygen atoms in total. The van der Waals surface area contributed by atoms with Crippen LogP contribution in [0.25, 0.3) is 31.7 Å². The second kappa shape index (κ2) is 6.93. The van der Waals surface area contributed by atoms with Gasteiger partial charge in [0.2, 0.25) is 0 Å². The molecule has 0 radical (unpaired) electrons. The summed E-state index contributed by atoms with van der Waals surface area (Å²) in [5, 5.41) is 1.16. The van der Waals surface area contributed by atoms with Crippen molar-refractivity contribution < 1.29 is 9.59 Å². The van der Waals surface area contributed by atoms with Crippen molar-refractivity contribution in [3.63, 3.8) is 0 Å². The van der Waals surface area contributed by atoms with Gasteiger partial charge in [0.1, 0.15) is 0 Å². The summed E-state index contributed by atoms with van der Waals surface area (Å²) in [7, 11) is 0. The van der Waals surface area contributed by atoms with Crippen LogP contribution in [0.1, 0.15) is 34.6 Å². The molecule has 27 heavy (non-hydrogen) atoms. The van der Waals surface area contributed by atoms with E-state index in [4.69, 9.17) is 0 Å². The van der Waals surface area contributed by atoms with E-state index in [1.165, 1.54) is 4.70 Å². The average Bonchev–Trinajstić information content (AvgIpc) is 3.07. The lowest BCUT2D eigenvalue weighted by atomic mass is 9.96. The predicted molar refractivity (Wildman–Crippen MR) is 113 cm³/mol. The van der Waals surface area contributed by atoms with Crippen molar-refractivity contribution in [2.24, 2.45) is 0 Å². The van der Waals surface area contributed by atoms with Gasteiger partial charge in [-0.25, -0.2) is 0 Å². The van der Waals surface area contributed by atoms with Crippen molar-refractivity contribution in [1.29, 1.82) is 0 Å². The molecule has 3 aromatic carbocycles. The molecular formula is C24H18O2S. The van der Waals surface area contributed by atoms with E-state index in [1.54, 1.807) is 25.2 Å². The van der Waals surface area contributed by atoms with Gasteiger partial charge in [0.05, 0.1) is 0 Å². The minimum atomic E-state index is 0.0523. The Kier molecular flexibility index (Phi) is 4.46. The first kappa shape index (κ1) is 17.4.